The van der Waals surface area contributed by atoms with Crippen LogP contribution in [0.1, 0.15) is 38.3 Å². The maximum Gasteiger partial charge on any atom is 0.119 e. The van der Waals surface area contributed by atoms with E-state index in [0.29, 0.717) is 12.0 Å². The average molecular weight is 265 g/mol. The number of hydrogen-bond donors (Lipinski definition) is 3. The van der Waals surface area contributed by atoms with E-state index in [0.717, 1.165) is 31.6 Å². The molecule has 0 aromatic heterocycles. The van der Waals surface area contributed by atoms with E-state index in [1.165, 1.54) is 6.07 Å². The van der Waals surface area contributed by atoms with Crippen molar-refractivity contribution in [2.24, 2.45) is 5.92 Å². The van der Waals surface area contributed by atoms with Crippen LogP contribution in [0.25, 0.3) is 0 Å². The zero-order valence-electron chi connectivity index (χ0n) is 11.6. The van der Waals surface area contributed by atoms with Gasteiger partial charge in [0.25, 0.3) is 0 Å². The van der Waals surface area contributed by atoms with E-state index in [1.807, 2.05) is 6.92 Å². The molecule has 0 bridgehead atoms. The average Bonchev–Trinajstić information content (AvgIpc) is 2.82. The zero-order valence-corrected chi connectivity index (χ0v) is 11.6. The van der Waals surface area contributed by atoms with Gasteiger partial charge in [-0.15, -0.1) is 0 Å². The molecule has 4 nitrogen and oxygen atoms in total. The molecule has 1 aliphatic rings. The lowest BCUT2D eigenvalue weighted by molar-refractivity contribution is 0.0867. The minimum atomic E-state index is 0.0936. The van der Waals surface area contributed by atoms with Gasteiger partial charge in [-0.2, -0.15) is 0 Å². The molecule has 0 radical (unpaired) electrons. The van der Waals surface area contributed by atoms with Crippen molar-refractivity contribution >= 4 is 0 Å². The van der Waals surface area contributed by atoms with Gasteiger partial charge in [-0.3, -0.25) is 0 Å². The molecular formula is C15H23NO3. The van der Waals surface area contributed by atoms with Crippen molar-refractivity contribution in [3.05, 3.63) is 23.8 Å². The molecule has 1 saturated heterocycles. The Morgan fingerprint density at radius 3 is 2.63 bits per heavy atom. The lowest BCUT2D eigenvalue weighted by Gasteiger charge is -2.21. The molecule has 0 spiro atoms. The molecule has 0 amide bonds. The molecule has 19 heavy (non-hydrogen) atoms. The minimum absolute atomic E-state index is 0.0936. The number of phenolic OH excluding ortho intramolecular Hbond substituents is 2. The topological polar surface area (TPSA) is 61.7 Å². The Morgan fingerprint density at radius 2 is 2.00 bits per heavy atom. The normalized spacial score (nSPS) is 24.5. The van der Waals surface area contributed by atoms with E-state index in [4.69, 9.17) is 4.74 Å². The van der Waals surface area contributed by atoms with Gasteiger partial charge in [0.15, 0.2) is 0 Å². The number of phenols is 2. The van der Waals surface area contributed by atoms with Crippen molar-refractivity contribution in [3.63, 3.8) is 0 Å². The van der Waals surface area contributed by atoms with Gasteiger partial charge in [0, 0.05) is 25.3 Å². The van der Waals surface area contributed by atoms with Gasteiger partial charge in [-0.05, 0) is 43.4 Å². The highest BCUT2D eigenvalue weighted by Gasteiger charge is 2.26. The van der Waals surface area contributed by atoms with Crippen LogP contribution < -0.4 is 5.32 Å². The fraction of sp³-hybridized carbons (Fsp3) is 0.600. The molecule has 1 aliphatic heterocycles. The van der Waals surface area contributed by atoms with Crippen LogP contribution in [0.15, 0.2) is 18.2 Å². The summed E-state index contributed by atoms with van der Waals surface area (Å²) in [5.74, 6) is 0.747. The van der Waals surface area contributed by atoms with E-state index in [-0.39, 0.29) is 17.5 Å². The summed E-state index contributed by atoms with van der Waals surface area (Å²) in [6.45, 7) is 5.94. The molecule has 0 saturated carbocycles. The molecule has 1 aromatic carbocycles. The molecule has 1 aromatic rings. The second-order valence-corrected chi connectivity index (χ2v) is 5.28. The van der Waals surface area contributed by atoms with E-state index in [9.17, 15) is 10.2 Å². The molecule has 3 atom stereocenters. The predicted molar refractivity (Wildman–Crippen MR) is 74.3 cm³/mol. The fourth-order valence-electron chi connectivity index (χ4n) is 2.69. The predicted octanol–water partition coefficient (Wildman–Crippen LogP) is 2.56. The first-order valence-corrected chi connectivity index (χ1v) is 6.98. The second-order valence-electron chi connectivity index (χ2n) is 5.28. The molecule has 3 unspecified atom stereocenters. The summed E-state index contributed by atoms with van der Waals surface area (Å²) < 4.78 is 5.67. The van der Waals surface area contributed by atoms with Crippen molar-refractivity contribution in [3.8, 4) is 11.5 Å². The molecule has 1 heterocycles. The summed E-state index contributed by atoms with van der Waals surface area (Å²) in [6, 6.07) is 4.80. The first-order valence-electron chi connectivity index (χ1n) is 6.98. The highest BCUT2D eigenvalue weighted by Crippen LogP contribution is 2.26. The first-order chi connectivity index (χ1) is 9.10. The third-order valence-electron chi connectivity index (χ3n) is 3.86. The summed E-state index contributed by atoms with van der Waals surface area (Å²) in [5.41, 5.74) is 0.893. The van der Waals surface area contributed by atoms with Crippen molar-refractivity contribution in [1.82, 2.24) is 5.32 Å². The second kappa shape index (κ2) is 6.26. The standard InChI is InChI=1S/C15H23NO3/c1-3-15-11(4-5-19-15)9-16-10(2)12-6-13(17)8-14(18)7-12/h6-8,10-11,15-18H,3-5,9H2,1-2H3. The van der Waals surface area contributed by atoms with Crippen molar-refractivity contribution in [2.45, 2.75) is 38.8 Å². The monoisotopic (exact) mass is 265 g/mol. The number of hydrogen-bond acceptors (Lipinski definition) is 4. The van der Waals surface area contributed by atoms with Crippen LogP contribution in [0.5, 0.6) is 11.5 Å². The van der Waals surface area contributed by atoms with Crippen LogP contribution in [0, 0.1) is 5.92 Å². The van der Waals surface area contributed by atoms with E-state index >= 15 is 0 Å². The summed E-state index contributed by atoms with van der Waals surface area (Å²) >= 11 is 0. The number of nitrogens with one attached hydrogen (secondary N) is 1. The molecule has 1 fully saturated rings. The fourth-order valence-corrected chi connectivity index (χ4v) is 2.69. The largest absolute Gasteiger partial charge is 0.508 e. The Labute approximate surface area is 114 Å². The van der Waals surface area contributed by atoms with Crippen molar-refractivity contribution < 1.29 is 14.9 Å². The molecule has 106 valence electrons. The minimum Gasteiger partial charge on any atom is -0.508 e. The van der Waals surface area contributed by atoms with Gasteiger partial charge in [-0.25, -0.2) is 0 Å². The lowest BCUT2D eigenvalue weighted by atomic mass is 9.98. The Balaban J connectivity index is 1.91. The number of rotatable bonds is 5. The maximum atomic E-state index is 9.49. The van der Waals surface area contributed by atoms with Crippen LogP contribution in [-0.4, -0.2) is 29.5 Å². The van der Waals surface area contributed by atoms with Crippen LogP contribution >= 0.6 is 0 Å². The Hall–Kier alpha value is -1.26. The highest BCUT2D eigenvalue weighted by molar-refractivity contribution is 5.37. The summed E-state index contributed by atoms with van der Waals surface area (Å²) in [7, 11) is 0. The van der Waals surface area contributed by atoms with E-state index < -0.39 is 0 Å². The third-order valence-corrected chi connectivity index (χ3v) is 3.86. The van der Waals surface area contributed by atoms with Gasteiger partial charge >= 0.3 is 0 Å². The Morgan fingerprint density at radius 1 is 1.32 bits per heavy atom. The zero-order chi connectivity index (χ0) is 13.8. The quantitative estimate of drug-likeness (QED) is 0.765. The van der Waals surface area contributed by atoms with Gasteiger partial charge in [0.05, 0.1) is 6.10 Å². The van der Waals surface area contributed by atoms with Gasteiger partial charge in [0.1, 0.15) is 11.5 Å². The van der Waals surface area contributed by atoms with Crippen LogP contribution in [0.2, 0.25) is 0 Å². The Kier molecular flexibility index (Phi) is 4.66. The summed E-state index contributed by atoms with van der Waals surface area (Å²) in [5, 5.41) is 22.4. The van der Waals surface area contributed by atoms with Gasteiger partial charge in [-0.1, -0.05) is 6.92 Å². The maximum absolute atomic E-state index is 9.49. The number of aromatic hydroxyl groups is 2. The van der Waals surface area contributed by atoms with Crippen molar-refractivity contribution in [2.75, 3.05) is 13.2 Å². The Bertz CT molecular complexity index is 402. The third kappa shape index (κ3) is 3.61. The number of benzene rings is 1. The molecule has 4 heteroatoms. The lowest BCUT2D eigenvalue weighted by Crippen LogP contribution is -2.30. The van der Waals surface area contributed by atoms with Gasteiger partial charge < -0.3 is 20.3 Å². The van der Waals surface area contributed by atoms with E-state index in [2.05, 4.69) is 12.2 Å². The SMILES string of the molecule is CCC1OCCC1CNC(C)c1cc(O)cc(O)c1. The summed E-state index contributed by atoms with van der Waals surface area (Å²) in [4.78, 5) is 0. The molecule has 2 rings (SSSR count). The summed E-state index contributed by atoms with van der Waals surface area (Å²) in [6.07, 6.45) is 2.51. The molecule has 3 N–H and O–H groups in total. The van der Waals surface area contributed by atoms with E-state index in [1.54, 1.807) is 12.1 Å². The smallest absolute Gasteiger partial charge is 0.119 e. The molecule has 0 aliphatic carbocycles. The van der Waals surface area contributed by atoms with Crippen LogP contribution in [0.4, 0.5) is 0 Å². The van der Waals surface area contributed by atoms with Crippen molar-refractivity contribution in [1.29, 1.82) is 0 Å². The van der Waals surface area contributed by atoms with Gasteiger partial charge in [0.2, 0.25) is 0 Å². The van der Waals surface area contributed by atoms with Crippen LogP contribution in [-0.2, 0) is 4.74 Å². The first kappa shape index (κ1) is 14.2. The van der Waals surface area contributed by atoms with Crippen LogP contribution in [0.3, 0.4) is 0 Å². The molecular weight excluding hydrogens is 242 g/mol. The highest BCUT2D eigenvalue weighted by atomic mass is 16.5. The number of ether oxygens (including phenoxy) is 1.